The Morgan fingerprint density at radius 3 is 2.48 bits per heavy atom. The molecule has 5 nitrogen and oxygen atoms in total. The Morgan fingerprint density at radius 2 is 1.81 bits per heavy atom. The fraction of sp³-hybridized carbons (Fsp3) is 0.381. The molecule has 27 heavy (non-hydrogen) atoms. The van der Waals surface area contributed by atoms with Gasteiger partial charge in [0.2, 0.25) is 0 Å². The second-order valence-corrected chi connectivity index (χ2v) is 6.84. The summed E-state index contributed by atoms with van der Waals surface area (Å²) in [4.78, 5) is 2.41. The third-order valence-corrected chi connectivity index (χ3v) is 4.69. The molecule has 1 fully saturated rings. The van der Waals surface area contributed by atoms with Crippen molar-refractivity contribution in [2.24, 2.45) is 0 Å². The molecule has 0 aliphatic carbocycles. The zero-order valence-electron chi connectivity index (χ0n) is 15.7. The molecule has 3 rings (SSSR count). The minimum absolute atomic E-state index is 0.118. The minimum atomic E-state index is 0.118. The van der Waals surface area contributed by atoms with Gasteiger partial charge in [-0.3, -0.25) is 4.90 Å². The monoisotopic (exact) mass is 385 g/mol. The van der Waals surface area contributed by atoms with Crippen molar-refractivity contribution in [3.8, 4) is 5.75 Å². The van der Waals surface area contributed by atoms with E-state index in [1.165, 1.54) is 5.56 Å². The second kappa shape index (κ2) is 10.3. The van der Waals surface area contributed by atoms with Crippen molar-refractivity contribution in [1.29, 1.82) is 0 Å². The Bertz CT molecular complexity index is 703. The number of hydrogen-bond acceptors (Lipinski definition) is 4. The average Bonchev–Trinajstić information content (AvgIpc) is 2.71. The zero-order valence-corrected chi connectivity index (χ0v) is 16.5. The maximum absolute atomic E-state index is 5.57. The van der Waals surface area contributed by atoms with Crippen LogP contribution < -0.4 is 15.4 Å². The highest BCUT2D eigenvalue weighted by molar-refractivity contribution is 7.80. The van der Waals surface area contributed by atoms with Gasteiger partial charge in [0, 0.05) is 25.3 Å². The number of thiocarbonyl (C=S) groups is 1. The van der Waals surface area contributed by atoms with Crippen molar-refractivity contribution >= 4 is 23.0 Å². The first-order chi connectivity index (χ1) is 13.2. The van der Waals surface area contributed by atoms with Crippen LogP contribution in [0, 0.1) is 0 Å². The van der Waals surface area contributed by atoms with Crippen LogP contribution in [0.15, 0.2) is 54.6 Å². The van der Waals surface area contributed by atoms with E-state index in [2.05, 4.69) is 39.8 Å². The molecule has 1 atom stereocenters. The molecule has 144 valence electrons. The van der Waals surface area contributed by atoms with E-state index in [9.17, 15) is 0 Å². The van der Waals surface area contributed by atoms with E-state index in [1.54, 1.807) is 0 Å². The van der Waals surface area contributed by atoms with Gasteiger partial charge in [-0.1, -0.05) is 30.3 Å². The summed E-state index contributed by atoms with van der Waals surface area (Å²) < 4.78 is 10.9. The van der Waals surface area contributed by atoms with Gasteiger partial charge in [0.25, 0.3) is 0 Å². The normalized spacial score (nSPS) is 15.7. The van der Waals surface area contributed by atoms with Gasteiger partial charge >= 0.3 is 0 Å². The lowest BCUT2D eigenvalue weighted by atomic mass is 10.1. The summed E-state index contributed by atoms with van der Waals surface area (Å²) in [6.45, 7) is 7.00. The van der Waals surface area contributed by atoms with E-state index in [0.717, 1.165) is 44.3 Å². The fourth-order valence-corrected chi connectivity index (χ4v) is 3.35. The van der Waals surface area contributed by atoms with Gasteiger partial charge in [-0.05, 0) is 49.0 Å². The number of benzene rings is 2. The van der Waals surface area contributed by atoms with Gasteiger partial charge in [0.15, 0.2) is 5.11 Å². The first-order valence-electron chi connectivity index (χ1n) is 9.40. The molecule has 0 amide bonds. The summed E-state index contributed by atoms with van der Waals surface area (Å²) in [5.41, 5.74) is 2.16. The molecule has 6 heteroatoms. The molecular formula is C21H27N3O2S. The lowest BCUT2D eigenvalue weighted by molar-refractivity contribution is 0.0344. The number of nitrogens with one attached hydrogen (secondary N) is 2. The van der Waals surface area contributed by atoms with Crippen LogP contribution in [0.4, 0.5) is 5.69 Å². The van der Waals surface area contributed by atoms with Crippen LogP contribution in [0.2, 0.25) is 0 Å². The summed E-state index contributed by atoms with van der Waals surface area (Å²) in [5.74, 6) is 0.858. The summed E-state index contributed by atoms with van der Waals surface area (Å²) in [5, 5.41) is 7.36. The molecule has 0 spiro atoms. The van der Waals surface area contributed by atoms with Gasteiger partial charge in [-0.2, -0.15) is 0 Å². The molecular weight excluding hydrogens is 358 g/mol. The number of rotatable bonds is 7. The van der Waals surface area contributed by atoms with Crippen molar-refractivity contribution in [3.05, 3.63) is 60.2 Å². The van der Waals surface area contributed by atoms with Gasteiger partial charge in [-0.15, -0.1) is 0 Å². The molecule has 0 radical (unpaired) electrons. The van der Waals surface area contributed by atoms with Gasteiger partial charge in [0.05, 0.1) is 25.9 Å². The standard InChI is InChI=1S/C21H27N3O2S/c1-2-26-19-10-8-18(9-11-19)22-21(27)23-20(17-6-4-3-5-7-17)16-24-12-14-25-15-13-24/h3-11,20H,2,12-16H2,1H3,(H2,22,23,27)/t20-/m0/s1. The highest BCUT2D eigenvalue weighted by Crippen LogP contribution is 2.18. The van der Waals surface area contributed by atoms with Crippen molar-refractivity contribution in [1.82, 2.24) is 10.2 Å². The molecule has 2 aromatic rings. The smallest absolute Gasteiger partial charge is 0.171 e. The number of morpholine rings is 1. The summed E-state index contributed by atoms with van der Waals surface area (Å²) >= 11 is 5.57. The van der Waals surface area contributed by atoms with E-state index in [0.29, 0.717) is 11.7 Å². The Morgan fingerprint density at radius 1 is 1.11 bits per heavy atom. The van der Waals surface area contributed by atoms with Crippen molar-refractivity contribution < 1.29 is 9.47 Å². The minimum Gasteiger partial charge on any atom is -0.494 e. The third-order valence-electron chi connectivity index (χ3n) is 4.47. The van der Waals surface area contributed by atoms with Crippen molar-refractivity contribution in [2.75, 3.05) is 44.8 Å². The highest BCUT2D eigenvalue weighted by Gasteiger charge is 2.19. The van der Waals surface area contributed by atoms with Crippen molar-refractivity contribution in [2.45, 2.75) is 13.0 Å². The van der Waals surface area contributed by atoms with Crippen molar-refractivity contribution in [3.63, 3.8) is 0 Å². The molecule has 0 unspecified atom stereocenters. The van der Waals surface area contributed by atoms with Crippen LogP contribution >= 0.6 is 12.2 Å². The molecule has 1 aliphatic heterocycles. The summed E-state index contributed by atoms with van der Waals surface area (Å²) in [6.07, 6.45) is 0. The van der Waals surface area contributed by atoms with E-state index >= 15 is 0 Å². The largest absolute Gasteiger partial charge is 0.494 e. The Balaban J connectivity index is 1.62. The van der Waals surface area contributed by atoms with E-state index < -0.39 is 0 Å². The van der Waals surface area contributed by atoms with E-state index in [4.69, 9.17) is 21.7 Å². The van der Waals surface area contributed by atoms with E-state index in [-0.39, 0.29) is 6.04 Å². The topological polar surface area (TPSA) is 45.8 Å². The predicted molar refractivity (Wildman–Crippen MR) is 113 cm³/mol. The van der Waals surface area contributed by atoms with Crippen LogP contribution in [-0.2, 0) is 4.74 Å². The predicted octanol–water partition coefficient (Wildman–Crippen LogP) is 3.45. The zero-order chi connectivity index (χ0) is 18.9. The highest BCUT2D eigenvalue weighted by atomic mass is 32.1. The number of anilines is 1. The molecule has 2 N–H and O–H groups in total. The molecule has 0 aromatic heterocycles. The average molecular weight is 386 g/mol. The first kappa shape index (κ1) is 19.6. The molecule has 0 saturated carbocycles. The third kappa shape index (κ3) is 6.20. The number of hydrogen-bond donors (Lipinski definition) is 2. The quantitative estimate of drug-likeness (QED) is 0.712. The summed E-state index contributed by atoms with van der Waals surface area (Å²) in [6, 6.07) is 18.4. The fourth-order valence-electron chi connectivity index (χ4n) is 3.09. The van der Waals surface area contributed by atoms with Crippen LogP contribution in [0.5, 0.6) is 5.75 Å². The Hall–Kier alpha value is -2.15. The lowest BCUT2D eigenvalue weighted by Gasteiger charge is -2.31. The molecule has 1 saturated heterocycles. The lowest BCUT2D eigenvalue weighted by Crippen LogP contribution is -2.44. The first-order valence-corrected chi connectivity index (χ1v) is 9.81. The molecule has 1 heterocycles. The van der Waals surface area contributed by atoms with Gasteiger partial charge in [0.1, 0.15) is 5.75 Å². The van der Waals surface area contributed by atoms with Crippen LogP contribution in [0.3, 0.4) is 0 Å². The van der Waals surface area contributed by atoms with Crippen LogP contribution in [0.25, 0.3) is 0 Å². The summed E-state index contributed by atoms with van der Waals surface area (Å²) in [7, 11) is 0. The van der Waals surface area contributed by atoms with Crippen LogP contribution in [0.1, 0.15) is 18.5 Å². The molecule has 1 aliphatic rings. The van der Waals surface area contributed by atoms with Gasteiger partial charge < -0.3 is 20.1 Å². The Kier molecular flexibility index (Phi) is 7.45. The SMILES string of the molecule is CCOc1ccc(NC(=S)N[C@@H](CN2CCOCC2)c2ccccc2)cc1. The Labute approximate surface area is 166 Å². The van der Waals surface area contributed by atoms with Gasteiger partial charge in [-0.25, -0.2) is 0 Å². The maximum atomic E-state index is 5.57. The molecule has 0 bridgehead atoms. The maximum Gasteiger partial charge on any atom is 0.171 e. The molecule has 2 aromatic carbocycles. The number of ether oxygens (including phenoxy) is 2. The second-order valence-electron chi connectivity index (χ2n) is 6.43. The number of nitrogens with zero attached hydrogens (tertiary/aromatic N) is 1. The van der Waals surface area contributed by atoms with Crippen LogP contribution in [-0.4, -0.2) is 49.5 Å². The van der Waals surface area contributed by atoms with E-state index in [1.807, 2.05) is 37.3 Å².